The largest absolute Gasteiger partial charge is 0.353 e. The molecule has 1 unspecified atom stereocenters. The standard InChI is InChI=1S/C12H17F2N3/c1-2-17(8-10-4-3-5-15-10)12-11(14)6-9(13)7-16-12/h6-7,10,15H,2-5,8H2,1H3. The van der Waals surface area contributed by atoms with Crippen molar-refractivity contribution in [2.45, 2.75) is 25.8 Å². The third-order valence-corrected chi connectivity index (χ3v) is 3.07. The molecule has 1 aliphatic rings. The fourth-order valence-electron chi connectivity index (χ4n) is 2.18. The predicted octanol–water partition coefficient (Wildman–Crippen LogP) is 1.94. The minimum absolute atomic E-state index is 0.239. The van der Waals surface area contributed by atoms with Crippen molar-refractivity contribution in [1.29, 1.82) is 0 Å². The fourth-order valence-corrected chi connectivity index (χ4v) is 2.18. The Morgan fingerprint density at radius 2 is 2.35 bits per heavy atom. The Bertz CT molecular complexity index is 378. The lowest BCUT2D eigenvalue weighted by Crippen LogP contribution is -2.38. The summed E-state index contributed by atoms with van der Waals surface area (Å²) in [7, 11) is 0. The first-order valence-corrected chi connectivity index (χ1v) is 6.00. The topological polar surface area (TPSA) is 28.2 Å². The highest BCUT2D eigenvalue weighted by Gasteiger charge is 2.20. The number of hydrogen-bond acceptors (Lipinski definition) is 3. The van der Waals surface area contributed by atoms with Crippen molar-refractivity contribution in [1.82, 2.24) is 10.3 Å². The van der Waals surface area contributed by atoms with E-state index in [2.05, 4.69) is 10.3 Å². The van der Waals surface area contributed by atoms with E-state index in [0.29, 0.717) is 19.1 Å². The smallest absolute Gasteiger partial charge is 0.168 e. The molecule has 1 aromatic heterocycles. The predicted molar refractivity (Wildman–Crippen MR) is 63.1 cm³/mol. The lowest BCUT2D eigenvalue weighted by molar-refractivity contribution is 0.548. The second-order valence-corrected chi connectivity index (χ2v) is 4.29. The van der Waals surface area contributed by atoms with Crippen molar-refractivity contribution < 1.29 is 8.78 Å². The van der Waals surface area contributed by atoms with Crippen LogP contribution in [0.4, 0.5) is 14.6 Å². The van der Waals surface area contributed by atoms with Crippen LogP contribution in [0.5, 0.6) is 0 Å². The molecule has 1 atom stereocenters. The van der Waals surface area contributed by atoms with E-state index < -0.39 is 11.6 Å². The number of halogens is 2. The van der Waals surface area contributed by atoms with Crippen LogP contribution >= 0.6 is 0 Å². The number of hydrogen-bond donors (Lipinski definition) is 1. The molecule has 2 heterocycles. The van der Waals surface area contributed by atoms with Gasteiger partial charge < -0.3 is 10.2 Å². The van der Waals surface area contributed by atoms with Crippen LogP contribution in [0.1, 0.15) is 19.8 Å². The minimum Gasteiger partial charge on any atom is -0.353 e. The van der Waals surface area contributed by atoms with Crippen LogP contribution in [0.25, 0.3) is 0 Å². The van der Waals surface area contributed by atoms with Crippen LogP contribution in [0.2, 0.25) is 0 Å². The zero-order chi connectivity index (χ0) is 12.3. The SMILES string of the molecule is CCN(CC1CCCN1)c1ncc(F)cc1F. The summed E-state index contributed by atoms with van der Waals surface area (Å²) < 4.78 is 26.4. The summed E-state index contributed by atoms with van der Waals surface area (Å²) in [6.07, 6.45) is 3.31. The number of nitrogens with zero attached hydrogens (tertiary/aromatic N) is 2. The van der Waals surface area contributed by atoms with Gasteiger partial charge in [0.15, 0.2) is 11.6 Å². The number of anilines is 1. The van der Waals surface area contributed by atoms with Gasteiger partial charge in [0.05, 0.1) is 6.20 Å². The van der Waals surface area contributed by atoms with Crippen molar-refractivity contribution in [3.63, 3.8) is 0 Å². The summed E-state index contributed by atoms with van der Waals surface area (Å²) >= 11 is 0. The molecule has 1 N–H and O–H groups in total. The fraction of sp³-hybridized carbons (Fsp3) is 0.583. The first-order chi connectivity index (χ1) is 8.20. The maximum Gasteiger partial charge on any atom is 0.168 e. The number of rotatable bonds is 4. The van der Waals surface area contributed by atoms with E-state index in [1.807, 2.05) is 11.8 Å². The van der Waals surface area contributed by atoms with Gasteiger partial charge in [0.2, 0.25) is 0 Å². The second-order valence-electron chi connectivity index (χ2n) is 4.29. The molecule has 3 nitrogen and oxygen atoms in total. The van der Waals surface area contributed by atoms with Gasteiger partial charge in [-0.05, 0) is 26.3 Å². The highest BCUT2D eigenvalue weighted by atomic mass is 19.1. The molecule has 1 saturated heterocycles. The molecule has 0 radical (unpaired) electrons. The molecule has 0 bridgehead atoms. The Morgan fingerprint density at radius 1 is 1.53 bits per heavy atom. The van der Waals surface area contributed by atoms with Gasteiger partial charge in [0, 0.05) is 25.2 Å². The molecular weight excluding hydrogens is 224 g/mol. The van der Waals surface area contributed by atoms with Crippen molar-refractivity contribution >= 4 is 5.82 Å². The summed E-state index contributed by atoms with van der Waals surface area (Å²) in [4.78, 5) is 5.68. The molecule has 94 valence electrons. The van der Waals surface area contributed by atoms with Gasteiger partial charge in [-0.3, -0.25) is 0 Å². The summed E-state index contributed by atoms with van der Waals surface area (Å²) in [6.45, 7) is 4.33. The Balaban J connectivity index is 2.10. The quantitative estimate of drug-likeness (QED) is 0.873. The minimum atomic E-state index is -0.638. The molecule has 0 aromatic carbocycles. The van der Waals surface area contributed by atoms with E-state index in [-0.39, 0.29) is 5.82 Å². The average molecular weight is 241 g/mol. The van der Waals surface area contributed by atoms with E-state index in [1.54, 1.807) is 0 Å². The maximum atomic E-state index is 13.6. The Morgan fingerprint density at radius 3 is 2.94 bits per heavy atom. The van der Waals surface area contributed by atoms with Crippen LogP contribution in [-0.4, -0.2) is 30.7 Å². The highest BCUT2D eigenvalue weighted by Crippen LogP contribution is 2.18. The zero-order valence-corrected chi connectivity index (χ0v) is 9.92. The van der Waals surface area contributed by atoms with Gasteiger partial charge in [-0.25, -0.2) is 13.8 Å². The van der Waals surface area contributed by atoms with Crippen molar-refractivity contribution in [2.24, 2.45) is 0 Å². The van der Waals surface area contributed by atoms with E-state index >= 15 is 0 Å². The van der Waals surface area contributed by atoms with Crippen molar-refractivity contribution in [2.75, 3.05) is 24.5 Å². The van der Waals surface area contributed by atoms with Crippen molar-refractivity contribution in [3.8, 4) is 0 Å². The van der Waals surface area contributed by atoms with Crippen LogP contribution in [-0.2, 0) is 0 Å². The Labute approximate surface area is 99.8 Å². The molecule has 1 aliphatic heterocycles. The van der Waals surface area contributed by atoms with Crippen LogP contribution < -0.4 is 10.2 Å². The zero-order valence-electron chi connectivity index (χ0n) is 9.92. The molecule has 2 rings (SSSR count). The van der Waals surface area contributed by atoms with Crippen molar-refractivity contribution in [3.05, 3.63) is 23.9 Å². The monoisotopic (exact) mass is 241 g/mol. The number of likely N-dealkylation sites (N-methyl/N-ethyl adjacent to an activating group) is 1. The number of pyridine rings is 1. The first kappa shape index (κ1) is 12.2. The number of nitrogens with one attached hydrogen (secondary N) is 1. The average Bonchev–Trinajstić information content (AvgIpc) is 2.79. The molecule has 1 fully saturated rings. The normalized spacial score (nSPS) is 19.6. The summed E-state index contributed by atoms with van der Waals surface area (Å²) in [5.41, 5.74) is 0. The van der Waals surface area contributed by atoms with Gasteiger partial charge >= 0.3 is 0 Å². The van der Waals surface area contributed by atoms with E-state index in [9.17, 15) is 8.78 Å². The molecule has 17 heavy (non-hydrogen) atoms. The van der Waals surface area contributed by atoms with Gasteiger partial charge in [0.25, 0.3) is 0 Å². The molecule has 0 amide bonds. The molecule has 5 heteroatoms. The lowest BCUT2D eigenvalue weighted by atomic mass is 10.2. The van der Waals surface area contributed by atoms with E-state index in [0.717, 1.165) is 31.6 Å². The molecule has 0 saturated carbocycles. The summed E-state index contributed by atoms with van der Waals surface area (Å²) in [6, 6.07) is 1.26. The maximum absolute atomic E-state index is 13.6. The lowest BCUT2D eigenvalue weighted by Gasteiger charge is -2.25. The van der Waals surface area contributed by atoms with Crippen LogP contribution in [0.3, 0.4) is 0 Å². The molecule has 0 spiro atoms. The second kappa shape index (κ2) is 5.40. The first-order valence-electron chi connectivity index (χ1n) is 6.00. The molecule has 1 aromatic rings. The van der Waals surface area contributed by atoms with E-state index in [4.69, 9.17) is 0 Å². The number of aromatic nitrogens is 1. The van der Waals surface area contributed by atoms with Crippen LogP contribution in [0, 0.1) is 11.6 Å². The van der Waals surface area contributed by atoms with E-state index in [1.165, 1.54) is 0 Å². The molecular formula is C12H17F2N3. The van der Waals surface area contributed by atoms with Gasteiger partial charge in [0.1, 0.15) is 5.82 Å². The summed E-state index contributed by atoms with van der Waals surface area (Å²) in [5.74, 6) is -0.992. The van der Waals surface area contributed by atoms with Gasteiger partial charge in [-0.1, -0.05) is 0 Å². The van der Waals surface area contributed by atoms with Crippen LogP contribution in [0.15, 0.2) is 12.3 Å². The highest BCUT2D eigenvalue weighted by molar-refractivity contribution is 5.39. The summed E-state index contributed by atoms with van der Waals surface area (Å²) in [5, 5.41) is 3.36. The third-order valence-electron chi connectivity index (χ3n) is 3.07. The third kappa shape index (κ3) is 2.91. The Hall–Kier alpha value is -1.23. The molecule has 0 aliphatic carbocycles. The van der Waals surface area contributed by atoms with Gasteiger partial charge in [-0.15, -0.1) is 0 Å². The Kier molecular flexibility index (Phi) is 3.89. The van der Waals surface area contributed by atoms with Gasteiger partial charge in [-0.2, -0.15) is 0 Å².